The topological polar surface area (TPSA) is 91.7 Å². The summed E-state index contributed by atoms with van der Waals surface area (Å²) in [6.45, 7) is 13.8. The first kappa shape index (κ1) is 31.9. The molecule has 0 amide bonds. The molecule has 0 aromatic heterocycles. The lowest BCUT2D eigenvalue weighted by molar-refractivity contribution is 0.216. The van der Waals surface area contributed by atoms with Crippen molar-refractivity contribution in [3.8, 4) is 0 Å². The highest BCUT2D eigenvalue weighted by Crippen LogP contribution is 2.37. The zero-order valence-electron chi connectivity index (χ0n) is 18.4. The highest BCUT2D eigenvalue weighted by Gasteiger charge is 2.14. The summed E-state index contributed by atoms with van der Waals surface area (Å²) in [4.78, 5) is 9.18. The van der Waals surface area contributed by atoms with Crippen LogP contribution in [0.3, 0.4) is 0 Å². The Balaban J connectivity index is -0.000000326. The molecule has 0 radical (unpaired) electrons. The van der Waals surface area contributed by atoms with Crippen molar-refractivity contribution in [3.63, 3.8) is 0 Å². The van der Waals surface area contributed by atoms with E-state index in [1.807, 2.05) is 0 Å². The van der Waals surface area contributed by atoms with E-state index >= 15 is 0 Å². The standard InChI is InChI=1S/2C9H21P.CH2O5S/c2*1-4-7-10(8-5-2)9-6-3;2-1(3)7(4,5)6/h2*4-9H2,1-3H3;(H,2,3)(H,4,5,6). The van der Waals surface area contributed by atoms with Crippen LogP contribution in [-0.4, -0.2) is 60.3 Å². The Morgan fingerprint density at radius 2 is 0.778 bits per heavy atom. The van der Waals surface area contributed by atoms with Gasteiger partial charge in [0.1, 0.15) is 0 Å². The molecule has 0 saturated heterocycles. The monoisotopic (exact) mass is 446 g/mol. The minimum Gasteiger partial charge on any atom is -0.468 e. The summed E-state index contributed by atoms with van der Waals surface area (Å²) in [5.41, 5.74) is 0. The molecule has 8 heteroatoms. The molecule has 0 unspecified atom stereocenters. The second kappa shape index (κ2) is 22.5. The molecule has 27 heavy (non-hydrogen) atoms. The van der Waals surface area contributed by atoms with Gasteiger partial charge in [-0.3, -0.25) is 4.55 Å². The zero-order chi connectivity index (χ0) is 21.7. The van der Waals surface area contributed by atoms with Crippen LogP contribution in [-0.2, 0) is 10.1 Å². The molecule has 0 heterocycles. The predicted octanol–water partition coefficient (Wildman–Crippen LogP) is 6.95. The van der Waals surface area contributed by atoms with Crippen LogP contribution in [0.15, 0.2) is 0 Å². The zero-order valence-corrected chi connectivity index (χ0v) is 21.0. The van der Waals surface area contributed by atoms with Gasteiger partial charge in [-0.1, -0.05) is 80.1 Å². The summed E-state index contributed by atoms with van der Waals surface area (Å²) in [6, 6.07) is 0. The lowest BCUT2D eigenvalue weighted by Crippen LogP contribution is -2.08. The van der Waals surface area contributed by atoms with Gasteiger partial charge in [-0.05, 0) is 37.0 Å². The van der Waals surface area contributed by atoms with E-state index in [-0.39, 0.29) is 0 Å². The average Bonchev–Trinajstić information content (AvgIpc) is 2.57. The third kappa shape index (κ3) is 26.2. The Kier molecular flexibility index (Phi) is 26.6. The Hall–Kier alpha value is 0.240. The third-order valence-electron chi connectivity index (χ3n) is 3.46. The van der Waals surface area contributed by atoms with E-state index in [1.54, 1.807) is 0 Å². The van der Waals surface area contributed by atoms with Crippen molar-refractivity contribution in [2.45, 2.75) is 80.1 Å². The number of carbonyl (C=O) groups is 1. The fourth-order valence-corrected chi connectivity index (χ4v) is 7.70. The van der Waals surface area contributed by atoms with E-state index in [0.29, 0.717) is 15.8 Å². The molecule has 0 spiro atoms. The second-order valence-electron chi connectivity index (χ2n) is 6.42. The van der Waals surface area contributed by atoms with Crippen LogP contribution in [0.5, 0.6) is 0 Å². The normalized spacial score (nSPS) is 10.9. The molecule has 0 aliphatic carbocycles. The van der Waals surface area contributed by atoms with Gasteiger partial charge in [0.15, 0.2) is 0 Å². The Labute approximate surface area is 171 Å². The minimum atomic E-state index is -4.82. The van der Waals surface area contributed by atoms with Crippen LogP contribution in [0.25, 0.3) is 0 Å². The van der Waals surface area contributed by atoms with E-state index in [4.69, 9.17) is 9.66 Å². The maximum Gasteiger partial charge on any atom is 0.449 e. The highest BCUT2D eigenvalue weighted by atomic mass is 32.2. The van der Waals surface area contributed by atoms with Crippen molar-refractivity contribution in [1.82, 2.24) is 0 Å². The maximum absolute atomic E-state index is 9.29. The fraction of sp³-hybridized carbons (Fsp3) is 0.947. The van der Waals surface area contributed by atoms with E-state index in [1.165, 1.54) is 75.5 Å². The van der Waals surface area contributed by atoms with Gasteiger partial charge in [0.25, 0.3) is 0 Å². The van der Waals surface area contributed by atoms with Crippen molar-refractivity contribution in [2.24, 2.45) is 0 Å². The van der Waals surface area contributed by atoms with Crippen LogP contribution in [0.1, 0.15) is 80.1 Å². The number of carboxylic acid groups (broad SMARTS) is 1. The first-order valence-corrected chi connectivity index (χ1v) is 15.5. The molecule has 166 valence electrons. The van der Waals surface area contributed by atoms with Gasteiger partial charge >= 0.3 is 15.4 Å². The molecule has 0 saturated carbocycles. The average molecular weight is 447 g/mol. The van der Waals surface area contributed by atoms with Gasteiger partial charge in [-0.2, -0.15) is 8.42 Å². The molecular weight excluding hydrogens is 402 g/mol. The van der Waals surface area contributed by atoms with Crippen molar-refractivity contribution >= 4 is 31.3 Å². The van der Waals surface area contributed by atoms with Crippen LogP contribution in [0.2, 0.25) is 0 Å². The SMILES string of the molecule is CCCP(CCC)CCC.CCCP(CCC)CCC.O=C(O)S(=O)(=O)O. The van der Waals surface area contributed by atoms with Gasteiger partial charge < -0.3 is 5.11 Å². The van der Waals surface area contributed by atoms with Crippen LogP contribution < -0.4 is 0 Å². The first-order valence-electron chi connectivity index (χ1n) is 10.3. The lowest BCUT2D eigenvalue weighted by atomic mass is 10.6. The van der Waals surface area contributed by atoms with Crippen molar-refractivity contribution < 1.29 is 22.9 Å². The molecule has 0 fully saturated rings. The largest absolute Gasteiger partial charge is 0.468 e. The lowest BCUT2D eigenvalue weighted by Gasteiger charge is -2.13. The van der Waals surface area contributed by atoms with Crippen molar-refractivity contribution in [2.75, 3.05) is 37.0 Å². The van der Waals surface area contributed by atoms with Crippen molar-refractivity contribution in [3.05, 3.63) is 0 Å². The molecule has 0 bridgehead atoms. The second-order valence-corrected chi connectivity index (χ2v) is 13.1. The smallest absolute Gasteiger partial charge is 0.449 e. The van der Waals surface area contributed by atoms with E-state index in [0.717, 1.165) is 0 Å². The van der Waals surface area contributed by atoms with Crippen LogP contribution >= 0.6 is 15.8 Å². The van der Waals surface area contributed by atoms with E-state index in [9.17, 15) is 13.2 Å². The van der Waals surface area contributed by atoms with Gasteiger partial charge in [-0.25, -0.2) is 4.79 Å². The predicted molar refractivity (Wildman–Crippen MR) is 124 cm³/mol. The summed E-state index contributed by atoms with van der Waals surface area (Å²) >= 11 is 0. The molecule has 5 nitrogen and oxygen atoms in total. The first-order chi connectivity index (χ1) is 12.6. The molecular formula is C19H44O5P2S. The molecule has 2 N–H and O–H groups in total. The molecule has 0 rings (SSSR count). The summed E-state index contributed by atoms with van der Waals surface area (Å²) in [5.74, 6) is 0. The van der Waals surface area contributed by atoms with Crippen LogP contribution in [0.4, 0.5) is 4.79 Å². The molecule has 0 aromatic rings. The van der Waals surface area contributed by atoms with E-state index < -0.39 is 15.4 Å². The fourth-order valence-electron chi connectivity index (χ4n) is 2.57. The number of hydrogen-bond donors (Lipinski definition) is 2. The van der Waals surface area contributed by atoms with Gasteiger partial charge in [-0.15, -0.1) is 15.8 Å². The summed E-state index contributed by atoms with van der Waals surface area (Å²) in [5, 5.41) is 5.18. The summed E-state index contributed by atoms with van der Waals surface area (Å²) in [7, 11) is -3.95. The Bertz CT molecular complexity index is 370. The molecule has 0 aliphatic heterocycles. The van der Waals surface area contributed by atoms with Crippen LogP contribution in [0, 0.1) is 0 Å². The molecule has 0 aliphatic rings. The summed E-state index contributed by atoms with van der Waals surface area (Å²) in [6.07, 6.45) is 17.4. The molecule has 0 atom stereocenters. The van der Waals surface area contributed by atoms with Crippen molar-refractivity contribution in [1.29, 1.82) is 0 Å². The molecule has 0 aromatic carbocycles. The van der Waals surface area contributed by atoms with Gasteiger partial charge in [0.05, 0.1) is 0 Å². The summed E-state index contributed by atoms with van der Waals surface area (Å²) < 4.78 is 26.0. The van der Waals surface area contributed by atoms with Gasteiger partial charge in [0.2, 0.25) is 0 Å². The third-order valence-corrected chi connectivity index (χ3v) is 10.4. The Morgan fingerprint density at radius 1 is 0.630 bits per heavy atom. The number of rotatable bonds is 12. The minimum absolute atomic E-state index is 0.439. The highest BCUT2D eigenvalue weighted by molar-refractivity contribution is 8.00. The number of hydrogen-bond acceptors (Lipinski definition) is 3. The quantitative estimate of drug-likeness (QED) is 0.250. The van der Waals surface area contributed by atoms with E-state index in [2.05, 4.69) is 41.5 Å². The Morgan fingerprint density at radius 3 is 0.852 bits per heavy atom. The maximum atomic E-state index is 9.29. The van der Waals surface area contributed by atoms with Gasteiger partial charge in [0, 0.05) is 0 Å².